The molecule has 1 unspecified atom stereocenters. The third kappa shape index (κ3) is 5.83. The van der Waals surface area contributed by atoms with E-state index in [1.165, 1.54) is 22.7 Å². The van der Waals surface area contributed by atoms with Crippen LogP contribution in [-0.2, 0) is 40.1 Å². The molecule has 2 bridgehead atoms. The van der Waals surface area contributed by atoms with Crippen LogP contribution < -0.4 is 0 Å². The lowest BCUT2D eigenvalue weighted by molar-refractivity contribution is -0.938. The number of piperidine rings is 1. The largest absolute Gasteiger partial charge is 0.459 e. The topological polar surface area (TPSA) is 168 Å². The average molecular weight is 664 g/mol. The number of carbonyl (C=O) groups is 1. The Morgan fingerprint density at radius 2 is 1.46 bits per heavy atom. The summed E-state index contributed by atoms with van der Waals surface area (Å²) in [7, 11) is -4.90. The predicted octanol–water partition coefficient (Wildman–Crippen LogP) is 2.03. The molecule has 0 spiro atoms. The summed E-state index contributed by atoms with van der Waals surface area (Å²) in [5.74, 6) is -0.561. The van der Waals surface area contributed by atoms with Gasteiger partial charge in [-0.1, -0.05) is 12.1 Å². The fourth-order valence-electron chi connectivity index (χ4n) is 4.98. The Labute approximate surface area is 233 Å². The van der Waals surface area contributed by atoms with E-state index in [2.05, 4.69) is 14.1 Å². The Morgan fingerprint density at radius 1 is 1.03 bits per heavy atom. The smallest absolute Gasteiger partial charge is 0.349 e. The molecule has 0 aliphatic carbocycles. The highest BCUT2D eigenvalue weighted by atomic mass is 79.9. The van der Waals surface area contributed by atoms with Crippen LogP contribution in [0, 0.1) is 0 Å². The molecule has 5 atom stereocenters. The van der Waals surface area contributed by atoms with Crippen LogP contribution in [0.4, 0.5) is 0 Å². The molecule has 0 radical (unpaired) electrons. The van der Waals surface area contributed by atoms with Crippen molar-refractivity contribution in [1.82, 2.24) is 0 Å². The summed E-state index contributed by atoms with van der Waals surface area (Å²) < 4.78 is 66.6. The maximum Gasteiger partial charge on any atom is 0.349 e. The molecule has 0 aromatic carbocycles. The van der Waals surface area contributed by atoms with Crippen LogP contribution in [0.1, 0.15) is 29.5 Å². The van der Waals surface area contributed by atoms with E-state index in [1.54, 1.807) is 12.1 Å². The van der Waals surface area contributed by atoms with E-state index < -0.39 is 36.4 Å². The third-order valence-electron chi connectivity index (χ3n) is 7.20. The van der Waals surface area contributed by atoms with Crippen molar-refractivity contribution in [2.75, 3.05) is 14.1 Å². The van der Waals surface area contributed by atoms with E-state index in [-0.39, 0.29) is 23.1 Å². The number of fused-ring (bicyclic) bond motifs is 5. The van der Waals surface area contributed by atoms with Crippen LogP contribution in [0.5, 0.6) is 0 Å². The second-order valence-corrected chi connectivity index (χ2v) is 15.3. The van der Waals surface area contributed by atoms with Crippen molar-refractivity contribution in [3.05, 3.63) is 44.8 Å². The van der Waals surface area contributed by atoms with Crippen LogP contribution >= 0.6 is 39.7 Å². The van der Waals surface area contributed by atoms with E-state index in [1.807, 2.05) is 22.9 Å². The minimum atomic E-state index is -4.70. The molecule has 5 rings (SSSR count). The Morgan fingerprint density at radius 3 is 1.78 bits per heavy atom. The standard InChI is InChI=1S/C19H22NO4S2.C2H6O6S2.BrH/c1-20(2)12-9-11(10-13(20)17-16(12)24-17)23-18(21)19(22,14-5-3-7-25-14)15-6-4-8-26-15;1-2(9(3,4)5)10(6,7)8;/h3-8,11-13,16-17,22H,9-10H2,1-2H3;2H,1H3,(H,3,4,5)(H,6,7,8);1H/q+1;;/t11?,12-,13+,16-,17+;;. The third-order valence-corrected chi connectivity index (χ3v) is 12.3. The Hall–Kier alpha value is -0.950. The summed E-state index contributed by atoms with van der Waals surface area (Å²) in [4.78, 5) is 14.3. The molecule has 3 aliphatic heterocycles. The zero-order valence-corrected chi connectivity index (χ0v) is 25.0. The lowest BCUT2D eigenvalue weighted by Gasteiger charge is -2.45. The summed E-state index contributed by atoms with van der Waals surface area (Å²) in [5, 5.41) is 15.1. The maximum absolute atomic E-state index is 13.1. The fourth-order valence-corrected chi connectivity index (χ4v) is 7.93. The lowest BCUT2D eigenvalue weighted by Crippen LogP contribution is -2.60. The first-order valence-electron chi connectivity index (χ1n) is 11.0. The number of morpholine rings is 1. The summed E-state index contributed by atoms with van der Waals surface area (Å²) in [5.41, 5.74) is -1.72. The summed E-state index contributed by atoms with van der Waals surface area (Å²) in [6.07, 6.45) is 2.05. The number of aliphatic hydroxyl groups is 1. The molecular formula is C21H29BrNO10S4+. The Bertz CT molecular complexity index is 1220. The molecule has 11 nitrogen and oxygen atoms in total. The molecule has 0 saturated carbocycles. The first-order valence-corrected chi connectivity index (χ1v) is 15.8. The molecule has 37 heavy (non-hydrogen) atoms. The minimum absolute atomic E-state index is 0. The number of rotatable bonds is 6. The zero-order valence-electron chi connectivity index (χ0n) is 20.0. The summed E-state index contributed by atoms with van der Waals surface area (Å²) in [6, 6.07) is 8.01. The van der Waals surface area contributed by atoms with Gasteiger partial charge in [-0.25, -0.2) is 4.79 Å². The number of esters is 1. The molecule has 3 fully saturated rings. The molecular weight excluding hydrogens is 634 g/mol. The van der Waals surface area contributed by atoms with Gasteiger partial charge in [0, 0.05) is 12.8 Å². The van der Waals surface area contributed by atoms with Gasteiger partial charge in [-0.15, -0.1) is 39.7 Å². The maximum atomic E-state index is 13.1. The summed E-state index contributed by atoms with van der Waals surface area (Å²) in [6.45, 7) is 0.657. The van der Waals surface area contributed by atoms with Crippen molar-refractivity contribution in [3.8, 4) is 0 Å². The molecule has 3 aliphatic rings. The first-order chi connectivity index (χ1) is 16.6. The van der Waals surface area contributed by atoms with E-state index >= 15 is 0 Å². The van der Waals surface area contributed by atoms with Gasteiger partial charge < -0.3 is 19.1 Å². The van der Waals surface area contributed by atoms with E-state index in [0.29, 0.717) is 41.0 Å². The second kappa shape index (κ2) is 10.6. The van der Waals surface area contributed by atoms with Crippen LogP contribution in [0.2, 0.25) is 0 Å². The highest BCUT2D eigenvalue weighted by Gasteiger charge is 2.71. The second-order valence-electron chi connectivity index (χ2n) is 9.59. The monoisotopic (exact) mass is 662 g/mol. The van der Waals surface area contributed by atoms with Gasteiger partial charge in [0.25, 0.3) is 20.2 Å². The highest BCUT2D eigenvalue weighted by Crippen LogP contribution is 2.52. The van der Waals surface area contributed by atoms with Gasteiger partial charge in [-0.2, -0.15) is 16.8 Å². The number of nitrogens with zero attached hydrogens (tertiary/aromatic N) is 1. The molecule has 208 valence electrons. The van der Waals surface area contributed by atoms with Crippen LogP contribution in [0.25, 0.3) is 0 Å². The van der Waals surface area contributed by atoms with Crippen molar-refractivity contribution in [3.63, 3.8) is 0 Å². The Balaban J connectivity index is 0.000000298. The number of epoxide rings is 1. The molecule has 0 amide bonds. The fraction of sp³-hybridized carbons (Fsp3) is 0.571. The van der Waals surface area contributed by atoms with Gasteiger partial charge in [0.2, 0.25) is 10.2 Å². The first kappa shape index (κ1) is 30.6. The average Bonchev–Trinajstić information content (AvgIpc) is 3.12. The molecule has 3 N–H and O–H groups in total. The van der Waals surface area contributed by atoms with E-state index in [4.69, 9.17) is 18.6 Å². The van der Waals surface area contributed by atoms with E-state index in [9.17, 15) is 26.7 Å². The minimum Gasteiger partial charge on any atom is -0.459 e. The summed E-state index contributed by atoms with van der Waals surface area (Å²) >= 11 is 2.74. The van der Waals surface area contributed by atoms with Gasteiger partial charge >= 0.3 is 5.97 Å². The van der Waals surface area contributed by atoms with Crippen molar-refractivity contribution < 1.29 is 49.8 Å². The van der Waals surface area contributed by atoms with Crippen LogP contribution in [0.15, 0.2) is 35.0 Å². The van der Waals surface area contributed by atoms with Gasteiger partial charge in [-0.05, 0) is 29.8 Å². The number of hydrogen-bond acceptors (Lipinski definition) is 10. The molecule has 2 aromatic heterocycles. The van der Waals surface area contributed by atoms with Gasteiger partial charge in [0.15, 0.2) is 0 Å². The Kier molecular flexibility index (Phi) is 8.73. The number of halogens is 1. The number of hydrogen-bond donors (Lipinski definition) is 3. The van der Waals surface area contributed by atoms with E-state index in [0.717, 1.165) is 17.3 Å². The normalized spacial score (nSPS) is 27.9. The van der Waals surface area contributed by atoms with Gasteiger partial charge in [0.1, 0.15) is 30.4 Å². The quantitative estimate of drug-likeness (QED) is 0.180. The molecule has 2 aromatic rings. The molecule has 16 heteroatoms. The lowest BCUT2D eigenvalue weighted by atomic mass is 9.95. The van der Waals surface area contributed by atoms with Crippen LogP contribution in [-0.4, -0.2) is 90.6 Å². The van der Waals surface area contributed by atoms with Crippen molar-refractivity contribution in [2.24, 2.45) is 0 Å². The highest BCUT2D eigenvalue weighted by molar-refractivity contribution is 8.93. The number of thiophene rings is 2. The predicted molar refractivity (Wildman–Crippen MR) is 142 cm³/mol. The SMILES string of the molecule is Br.CC(S(=O)(=O)O)S(=O)(=O)O.C[N+]1(C)[C@@H]2CC(OC(=O)C(O)(c3cccs3)c3cccs3)C[C@H]1[C@@H]1O[C@@H]12. The van der Waals surface area contributed by atoms with Crippen LogP contribution in [0.3, 0.4) is 0 Å². The van der Waals surface area contributed by atoms with Crippen molar-refractivity contribution >= 4 is 65.9 Å². The number of quaternary nitrogens is 1. The number of ether oxygens (including phenoxy) is 2. The number of likely N-dealkylation sites (N-methyl/N-ethyl adjacent to an activating group) is 1. The molecule has 3 saturated heterocycles. The number of carbonyl (C=O) groups excluding carboxylic acids is 1. The van der Waals surface area contributed by atoms with Crippen molar-refractivity contribution in [1.29, 1.82) is 0 Å². The van der Waals surface area contributed by atoms with Gasteiger partial charge in [-0.3, -0.25) is 9.11 Å². The van der Waals surface area contributed by atoms with Gasteiger partial charge in [0.05, 0.1) is 23.8 Å². The zero-order chi connectivity index (χ0) is 26.7. The molecule has 5 heterocycles. The van der Waals surface area contributed by atoms with Crippen molar-refractivity contribution in [2.45, 2.75) is 60.3 Å².